The first kappa shape index (κ1) is 6.60. The molecule has 1 saturated heterocycles. The maximum Gasteiger partial charge on any atom is 0.137 e. The van der Waals surface area contributed by atoms with E-state index in [9.17, 15) is 0 Å². The average Bonchev–Trinajstić information content (AvgIpc) is 2.56. The van der Waals surface area contributed by atoms with Gasteiger partial charge in [-0.25, -0.2) is 9.67 Å². The average molecular weight is 165 g/mol. The Bertz CT molecular complexity index is 285. The summed E-state index contributed by atoms with van der Waals surface area (Å²) in [5.41, 5.74) is 0.147. The maximum absolute atomic E-state index is 5.63. The predicted octanol–water partition coefficient (Wildman–Crippen LogP) is 0.600. The molecule has 4 nitrogen and oxygen atoms in total. The monoisotopic (exact) mass is 165 g/mol. The van der Waals surface area contributed by atoms with Crippen molar-refractivity contribution >= 4 is 0 Å². The van der Waals surface area contributed by atoms with Crippen LogP contribution in [-0.2, 0) is 11.3 Å². The van der Waals surface area contributed by atoms with Crippen LogP contribution < -0.4 is 0 Å². The van der Waals surface area contributed by atoms with Crippen LogP contribution in [0, 0.1) is 0 Å². The smallest absolute Gasteiger partial charge is 0.137 e. The third kappa shape index (κ3) is 0.813. The van der Waals surface area contributed by atoms with E-state index in [0.29, 0.717) is 6.10 Å². The van der Waals surface area contributed by atoms with Gasteiger partial charge in [-0.05, 0) is 19.3 Å². The second-order valence-electron chi connectivity index (χ2n) is 3.66. The first-order valence-electron chi connectivity index (χ1n) is 4.39. The zero-order chi connectivity index (χ0) is 8.02. The van der Waals surface area contributed by atoms with Crippen molar-refractivity contribution in [2.24, 2.45) is 0 Å². The number of nitrogens with zero attached hydrogens (tertiary/aromatic N) is 3. The van der Waals surface area contributed by atoms with Gasteiger partial charge >= 0.3 is 0 Å². The standard InChI is InChI=1S/C8H11N3O/c1-2-7-8(3-1,12-7)4-11-6-9-5-10-11/h5-7H,1-4H2. The lowest BCUT2D eigenvalue weighted by Gasteiger charge is -2.06. The summed E-state index contributed by atoms with van der Waals surface area (Å²) in [6, 6.07) is 0. The number of aromatic nitrogens is 3. The molecule has 2 heterocycles. The van der Waals surface area contributed by atoms with Crippen LogP contribution in [0.2, 0.25) is 0 Å². The van der Waals surface area contributed by atoms with E-state index in [-0.39, 0.29) is 5.60 Å². The molecule has 64 valence electrons. The van der Waals surface area contributed by atoms with Gasteiger partial charge in [0.25, 0.3) is 0 Å². The van der Waals surface area contributed by atoms with Crippen molar-refractivity contribution in [2.75, 3.05) is 0 Å². The largest absolute Gasteiger partial charge is 0.364 e. The van der Waals surface area contributed by atoms with Crippen molar-refractivity contribution < 1.29 is 4.74 Å². The molecule has 4 heteroatoms. The molecule has 1 aliphatic heterocycles. The van der Waals surface area contributed by atoms with Crippen LogP contribution >= 0.6 is 0 Å². The first-order valence-corrected chi connectivity index (χ1v) is 4.39. The van der Waals surface area contributed by atoms with Crippen LogP contribution in [-0.4, -0.2) is 26.5 Å². The summed E-state index contributed by atoms with van der Waals surface area (Å²) in [4.78, 5) is 3.91. The van der Waals surface area contributed by atoms with Crippen LogP contribution in [0.4, 0.5) is 0 Å². The molecule has 0 spiro atoms. The minimum Gasteiger partial charge on any atom is -0.364 e. The van der Waals surface area contributed by atoms with E-state index in [0.717, 1.165) is 6.54 Å². The molecular formula is C8H11N3O. The highest BCUT2D eigenvalue weighted by Gasteiger charge is 2.59. The van der Waals surface area contributed by atoms with Gasteiger partial charge in [0.05, 0.1) is 12.6 Å². The summed E-state index contributed by atoms with van der Waals surface area (Å²) in [6.07, 6.45) is 7.57. The summed E-state index contributed by atoms with van der Waals surface area (Å²) in [6.45, 7) is 0.887. The molecule has 0 aromatic carbocycles. The highest BCUT2D eigenvalue weighted by Crippen LogP contribution is 2.50. The third-order valence-corrected chi connectivity index (χ3v) is 2.87. The Balaban J connectivity index is 1.77. The normalized spacial score (nSPS) is 38.2. The van der Waals surface area contributed by atoms with E-state index in [2.05, 4.69) is 10.1 Å². The number of epoxide rings is 1. The molecule has 2 fully saturated rings. The molecule has 0 amide bonds. The SMILES string of the molecule is c1ncn(CC23CCCC2O3)n1. The molecule has 0 bridgehead atoms. The molecule has 2 atom stereocenters. The molecule has 0 N–H and O–H groups in total. The molecule has 12 heavy (non-hydrogen) atoms. The van der Waals surface area contributed by atoms with E-state index < -0.39 is 0 Å². The van der Waals surface area contributed by atoms with Crippen LogP contribution in [0.15, 0.2) is 12.7 Å². The minimum absolute atomic E-state index is 0.147. The summed E-state index contributed by atoms with van der Waals surface area (Å²) in [7, 11) is 0. The summed E-state index contributed by atoms with van der Waals surface area (Å²) >= 11 is 0. The van der Waals surface area contributed by atoms with Crippen LogP contribution in [0.25, 0.3) is 0 Å². The van der Waals surface area contributed by atoms with Crippen molar-refractivity contribution in [1.29, 1.82) is 0 Å². The van der Waals surface area contributed by atoms with Crippen molar-refractivity contribution in [2.45, 2.75) is 37.5 Å². The molecule has 1 saturated carbocycles. The van der Waals surface area contributed by atoms with Gasteiger partial charge in [0.15, 0.2) is 0 Å². The van der Waals surface area contributed by atoms with Gasteiger partial charge in [-0.3, -0.25) is 0 Å². The van der Waals surface area contributed by atoms with Gasteiger partial charge in [0.2, 0.25) is 0 Å². The number of hydrogen-bond donors (Lipinski definition) is 0. The van der Waals surface area contributed by atoms with Crippen LogP contribution in [0.1, 0.15) is 19.3 Å². The van der Waals surface area contributed by atoms with Crippen LogP contribution in [0.3, 0.4) is 0 Å². The van der Waals surface area contributed by atoms with Crippen molar-refractivity contribution in [3.05, 3.63) is 12.7 Å². The number of fused-ring (bicyclic) bond motifs is 1. The van der Waals surface area contributed by atoms with Gasteiger partial charge < -0.3 is 4.74 Å². The lowest BCUT2D eigenvalue weighted by atomic mass is 10.1. The molecule has 1 aromatic rings. The molecule has 1 aliphatic carbocycles. The maximum atomic E-state index is 5.63. The fourth-order valence-corrected chi connectivity index (χ4v) is 2.18. The molecule has 0 radical (unpaired) electrons. The zero-order valence-corrected chi connectivity index (χ0v) is 6.81. The van der Waals surface area contributed by atoms with Gasteiger partial charge in [-0.1, -0.05) is 0 Å². The Morgan fingerprint density at radius 3 is 3.25 bits per heavy atom. The fourth-order valence-electron chi connectivity index (χ4n) is 2.18. The lowest BCUT2D eigenvalue weighted by Crippen LogP contribution is -2.19. The second-order valence-corrected chi connectivity index (χ2v) is 3.66. The Morgan fingerprint density at radius 1 is 1.67 bits per heavy atom. The third-order valence-electron chi connectivity index (χ3n) is 2.87. The summed E-state index contributed by atoms with van der Waals surface area (Å²) in [5.74, 6) is 0. The van der Waals surface area contributed by atoms with E-state index >= 15 is 0 Å². The first-order chi connectivity index (χ1) is 5.89. The van der Waals surface area contributed by atoms with Crippen LogP contribution in [0.5, 0.6) is 0 Å². The molecule has 2 aliphatic rings. The summed E-state index contributed by atoms with van der Waals surface area (Å²) < 4.78 is 7.49. The molecular weight excluding hydrogens is 154 g/mol. The number of rotatable bonds is 2. The van der Waals surface area contributed by atoms with Gasteiger partial charge in [0, 0.05) is 0 Å². The highest BCUT2D eigenvalue weighted by molar-refractivity contribution is 5.06. The highest BCUT2D eigenvalue weighted by atomic mass is 16.6. The number of hydrogen-bond acceptors (Lipinski definition) is 3. The topological polar surface area (TPSA) is 43.2 Å². The van der Waals surface area contributed by atoms with E-state index in [4.69, 9.17) is 4.74 Å². The van der Waals surface area contributed by atoms with E-state index in [1.54, 1.807) is 12.7 Å². The Hall–Kier alpha value is -0.900. The number of ether oxygens (including phenoxy) is 1. The lowest BCUT2D eigenvalue weighted by molar-refractivity contribution is 0.226. The van der Waals surface area contributed by atoms with Gasteiger partial charge in [-0.2, -0.15) is 5.10 Å². The molecule has 2 unspecified atom stereocenters. The van der Waals surface area contributed by atoms with Gasteiger partial charge in [0.1, 0.15) is 18.3 Å². The minimum atomic E-state index is 0.147. The molecule has 3 rings (SSSR count). The van der Waals surface area contributed by atoms with E-state index in [1.165, 1.54) is 19.3 Å². The van der Waals surface area contributed by atoms with Crippen molar-refractivity contribution in [3.63, 3.8) is 0 Å². The Morgan fingerprint density at radius 2 is 2.67 bits per heavy atom. The van der Waals surface area contributed by atoms with Crippen molar-refractivity contribution in [1.82, 2.24) is 14.8 Å². The zero-order valence-electron chi connectivity index (χ0n) is 6.81. The van der Waals surface area contributed by atoms with Gasteiger partial charge in [-0.15, -0.1) is 0 Å². The fraction of sp³-hybridized carbons (Fsp3) is 0.750. The second kappa shape index (κ2) is 2.07. The Kier molecular flexibility index (Phi) is 1.14. The quantitative estimate of drug-likeness (QED) is 0.603. The summed E-state index contributed by atoms with van der Waals surface area (Å²) in [5, 5.41) is 4.08. The van der Waals surface area contributed by atoms with E-state index in [1.807, 2.05) is 4.68 Å². The Labute approximate surface area is 70.5 Å². The molecule has 1 aromatic heterocycles. The predicted molar refractivity (Wildman–Crippen MR) is 41.5 cm³/mol. The van der Waals surface area contributed by atoms with Crippen molar-refractivity contribution in [3.8, 4) is 0 Å².